The predicted molar refractivity (Wildman–Crippen MR) is 88.6 cm³/mol. The Morgan fingerprint density at radius 3 is 2.82 bits per heavy atom. The molecule has 5 nitrogen and oxygen atoms in total. The molecule has 1 atom stereocenters. The van der Waals surface area contributed by atoms with Crippen molar-refractivity contribution in [1.82, 2.24) is 15.1 Å². The summed E-state index contributed by atoms with van der Waals surface area (Å²) < 4.78 is 2.70. The van der Waals surface area contributed by atoms with E-state index in [2.05, 4.69) is 15.7 Å². The van der Waals surface area contributed by atoms with Gasteiger partial charge < -0.3 is 10.6 Å². The van der Waals surface area contributed by atoms with Crippen LogP contribution in [0.3, 0.4) is 0 Å². The summed E-state index contributed by atoms with van der Waals surface area (Å²) in [5.74, 6) is -0.0840. The Bertz CT molecular complexity index is 914. The maximum absolute atomic E-state index is 12.5. The second-order valence-corrected chi connectivity index (χ2v) is 6.68. The largest absolute Gasteiger partial charge is 0.360 e. The summed E-state index contributed by atoms with van der Waals surface area (Å²) in [6, 6.07) is 7.98. The van der Waals surface area contributed by atoms with Gasteiger partial charge in [-0.3, -0.25) is 9.48 Å². The number of fused-ring (bicyclic) bond motifs is 3. The molecule has 0 unspecified atom stereocenters. The van der Waals surface area contributed by atoms with Gasteiger partial charge in [-0.2, -0.15) is 5.10 Å². The Labute approximate surface area is 135 Å². The lowest BCUT2D eigenvalue weighted by atomic mass is 10.1. The van der Waals surface area contributed by atoms with Crippen LogP contribution in [0.4, 0.5) is 5.69 Å². The number of amides is 1. The van der Waals surface area contributed by atoms with E-state index in [0.717, 1.165) is 27.0 Å². The highest BCUT2D eigenvalue weighted by molar-refractivity contribution is 7.21. The molecular weight excluding hydrogens is 320 g/mol. The van der Waals surface area contributed by atoms with Crippen LogP contribution in [0.1, 0.15) is 27.1 Å². The Morgan fingerprint density at radius 2 is 2.09 bits per heavy atom. The maximum Gasteiger partial charge on any atom is 0.265 e. The number of aromatic nitrogens is 2. The van der Waals surface area contributed by atoms with Crippen molar-refractivity contribution in [3.63, 3.8) is 0 Å². The van der Waals surface area contributed by atoms with Crippen LogP contribution >= 0.6 is 22.9 Å². The third kappa shape index (κ3) is 1.84. The van der Waals surface area contributed by atoms with Crippen LogP contribution in [0.5, 0.6) is 0 Å². The van der Waals surface area contributed by atoms with Gasteiger partial charge in [0.25, 0.3) is 5.91 Å². The van der Waals surface area contributed by atoms with E-state index in [0.29, 0.717) is 10.0 Å². The first-order valence-electron chi connectivity index (χ1n) is 6.84. The van der Waals surface area contributed by atoms with Crippen LogP contribution in [0.2, 0.25) is 5.15 Å². The molecule has 2 aromatic heterocycles. The van der Waals surface area contributed by atoms with Gasteiger partial charge in [0, 0.05) is 17.1 Å². The van der Waals surface area contributed by atoms with Crippen molar-refractivity contribution in [2.24, 2.45) is 7.05 Å². The van der Waals surface area contributed by atoms with Gasteiger partial charge in [0.2, 0.25) is 0 Å². The molecule has 1 amide bonds. The zero-order valence-electron chi connectivity index (χ0n) is 12.0. The summed E-state index contributed by atoms with van der Waals surface area (Å²) in [5.41, 5.74) is 2.47. The van der Waals surface area contributed by atoms with Crippen molar-refractivity contribution in [1.29, 1.82) is 0 Å². The average Bonchev–Trinajstić information content (AvgIpc) is 2.98. The number of benzene rings is 1. The molecule has 0 spiro atoms. The molecule has 1 aliphatic heterocycles. The lowest BCUT2D eigenvalue weighted by Crippen LogP contribution is -2.38. The second-order valence-electron chi connectivity index (χ2n) is 5.27. The van der Waals surface area contributed by atoms with Crippen LogP contribution < -0.4 is 10.6 Å². The van der Waals surface area contributed by atoms with Gasteiger partial charge >= 0.3 is 0 Å². The van der Waals surface area contributed by atoms with E-state index in [-0.39, 0.29) is 12.1 Å². The molecule has 0 aliphatic carbocycles. The number of halogens is 1. The number of aryl methyl sites for hydroxylation is 2. The summed E-state index contributed by atoms with van der Waals surface area (Å²) in [5, 5.41) is 12.3. The van der Waals surface area contributed by atoms with Gasteiger partial charge in [-0.15, -0.1) is 11.3 Å². The third-order valence-electron chi connectivity index (χ3n) is 3.85. The molecular formula is C15H13ClN4OS. The number of carbonyl (C=O) groups excluding carboxylic acids is 1. The SMILES string of the molecule is Cc1nn(C)c(Cl)c1[C@@H]1NC(=O)c2sc3ccccc3c2N1. The number of carbonyl (C=O) groups is 1. The topological polar surface area (TPSA) is 59.0 Å². The summed E-state index contributed by atoms with van der Waals surface area (Å²) >= 11 is 7.82. The fraction of sp³-hybridized carbons (Fsp3) is 0.200. The van der Waals surface area contributed by atoms with E-state index in [9.17, 15) is 4.79 Å². The Kier molecular flexibility index (Phi) is 2.92. The molecule has 0 saturated heterocycles. The average molecular weight is 333 g/mol. The van der Waals surface area contributed by atoms with Gasteiger partial charge in [0.15, 0.2) is 0 Å². The van der Waals surface area contributed by atoms with E-state index in [1.807, 2.05) is 31.2 Å². The lowest BCUT2D eigenvalue weighted by molar-refractivity contribution is 0.0940. The minimum absolute atomic E-state index is 0.0840. The summed E-state index contributed by atoms with van der Waals surface area (Å²) in [7, 11) is 1.79. The van der Waals surface area contributed by atoms with Crippen molar-refractivity contribution in [2.75, 3.05) is 5.32 Å². The molecule has 3 aromatic rings. The minimum Gasteiger partial charge on any atom is -0.360 e. The monoisotopic (exact) mass is 332 g/mol. The normalized spacial score (nSPS) is 17.2. The molecule has 112 valence electrons. The minimum atomic E-state index is -0.376. The van der Waals surface area contributed by atoms with Crippen LogP contribution in [0.15, 0.2) is 24.3 Å². The standard InChI is InChI=1S/C15H13ClN4OS/c1-7-10(13(16)20(2)19-7)14-17-11-8-5-3-4-6-9(8)22-12(11)15(21)18-14/h3-6,14,17H,1-2H3,(H,18,21)/t14-/m0/s1. The van der Waals surface area contributed by atoms with Gasteiger partial charge in [0.1, 0.15) is 16.2 Å². The molecule has 0 saturated carbocycles. The van der Waals surface area contributed by atoms with Gasteiger partial charge in [-0.25, -0.2) is 0 Å². The van der Waals surface area contributed by atoms with Crippen molar-refractivity contribution in [3.05, 3.63) is 45.6 Å². The zero-order valence-corrected chi connectivity index (χ0v) is 13.5. The van der Waals surface area contributed by atoms with E-state index in [1.165, 1.54) is 11.3 Å². The van der Waals surface area contributed by atoms with Gasteiger partial charge in [-0.1, -0.05) is 29.8 Å². The smallest absolute Gasteiger partial charge is 0.265 e. The highest BCUT2D eigenvalue weighted by Gasteiger charge is 2.31. The Balaban J connectivity index is 1.86. The molecule has 2 N–H and O–H groups in total. The van der Waals surface area contributed by atoms with Crippen molar-refractivity contribution >= 4 is 44.6 Å². The Hall–Kier alpha value is -2.05. The number of rotatable bonds is 1. The molecule has 4 rings (SSSR count). The fourth-order valence-corrected chi connectivity index (χ4v) is 4.20. The van der Waals surface area contributed by atoms with Crippen LogP contribution in [-0.4, -0.2) is 15.7 Å². The number of anilines is 1. The first-order chi connectivity index (χ1) is 10.6. The maximum atomic E-state index is 12.5. The molecule has 22 heavy (non-hydrogen) atoms. The van der Waals surface area contributed by atoms with E-state index in [1.54, 1.807) is 11.7 Å². The summed E-state index contributed by atoms with van der Waals surface area (Å²) in [4.78, 5) is 13.2. The molecule has 1 aromatic carbocycles. The number of nitrogens with one attached hydrogen (secondary N) is 2. The zero-order chi connectivity index (χ0) is 15.4. The number of hydrogen-bond acceptors (Lipinski definition) is 4. The first kappa shape index (κ1) is 13.6. The van der Waals surface area contributed by atoms with Crippen LogP contribution in [-0.2, 0) is 7.05 Å². The number of hydrogen-bond donors (Lipinski definition) is 2. The van der Waals surface area contributed by atoms with E-state index in [4.69, 9.17) is 11.6 Å². The van der Waals surface area contributed by atoms with Crippen molar-refractivity contribution < 1.29 is 4.79 Å². The number of thiophene rings is 1. The van der Waals surface area contributed by atoms with Crippen LogP contribution in [0.25, 0.3) is 10.1 Å². The molecule has 1 aliphatic rings. The summed E-state index contributed by atoms with van der Waals surface area (Å²) in [6.45, 7) is 1.89. The molecule has 0 fully saturated rings. The quantitative estimate of drug-likeness (QED) is 0.717. The lowest BCUT2D eigenvalue weighted by Gasteiger charge is -2.26. The third-order valence-corrected chi connectivity index (χ3v) is 5.47. The molecule has 3 heterocycles. The van der Waals surface area contributed by atoms with Gasteiger partial charge in [-0.05, 0) is 13.0 Å². The number of nitrogens with zero attached hydrogens (tertiary/aromatic N) is 2. The predicted octanol–water partition coefficient (Wildman–Crippen LogP) is 3.45. The van der Waals surface area contributed by atoms with Gasteiger partial charge in [0.05, 0.1) is 16.9 Å². The highest BCUT2D eigenvalue weighted by Crippen LogP contribution is 2.40. The second kappa shape index (κ2) is 4.72. The highest BCUT2D eigenvalue weighted by atomic mass is 35.5. The van der Waals surface area contributed by atoms with E-state index >= 15 is 0 Å². The van der Waals surface area contributed by atoms with Crippen molar-refractivity contribution in [2.45, 2.75) is 13.1 Å². The Morgan fingerprint density at radius 1 is 1.32 bits per heavy atom. The van der Waals surface area contributed by atoms with E-state index < -0.39 is 0 Å². The molecule has 7 heteroatoms. The van der Waals surface area contributed by atoms with Crippen LogP contribution in [0, 0.1) is 6.92 Å². The first-order valence-corrected chi connectivity index (χ1v) is 8.03. The summed E-state index contributed by atoms with van der Waals surface area (Å²) in [6.07, 6.45) is -0.376. The molecule has 0 bridgehead atoms. The molecule has 0 radical (unpaired) electrons. The fourth-order valence-electron chi connectivity index (χ4n) is 2.84. The van der Waals surface area contributed by atoms with Crippen molar-refractivity contribution in [3.8, 4) is 0 Å².